The van der Waals surface area contributed by atoms with E-state index in [1.807, 2.05) is 24.3 Å². The van der Waals surface area contributed by atoms with Gasteiger partial charge in [0.25, 0.3) is 5.91 Å². The molecular weight excluding hydrogens is 360 g/mol. The summed E-state index contributed by atoms with van der Waals surface area (Å²) < 4.78 is 0. The summed E-state index contributed by atoms with van der Waals surface area (Å²) in [5.41, 5.74) is 1.16. The Morgan fingerprint density at radius 1 is 1.18 bits per heavy atom. The molecule has 1 aromatic carbocycles. The number of hydrogen-bond donors (Lipinski definition) is 2. The van der Waals surface area contributed by atoms with Gasteiger partial charge in [-0.2, -0.15) is 5.10 Å². The molecule has 0 saturated carbocycles. The van der Waals surface area contributed by atoms with E-state index in [-0.39, 0.29) is 30.0 Å². The van der Waals surface area contributed by atoms with Gasteiger partial charge in [-0.15, -0.1) is 0 Å². The molecular formula is C19H18N6O3. The molecule has 1 saturated heterocycles. The van der Waals surface area contributed by atoms with Gasteiger partial charge in [0.05, 0.1) is 23.7 Å². The van der Waals surface area contributed by atoms with Crippen molar-refractivity contribution in [2.24, 2.45) is 0 Å². The third-order valence-corrected chi connectivity index (χ3v) is 4.82. The van der Waals surface area contributed by atoms with E-state index < -0.39 is 6.04 Å². The summed E-state index contributed by atoms with van der Waals surface area (Å²) in [6, 6.07) is 8.34. The average molecular weight is 378 g/mol. The number of carbonyl (C=O) groups is 3. The Hall–Kier alpha value is -3.62. The van der Waals surface area contributed by atoms with E-state index in [2.05, 4.69) is 25.5 Å². The molecule has 2 N–H and O–H groups in total. The van der Waals surface area contributed by atoms with Gasteiger partial charge >= 0.3 is 0 Å². The van der Waals surface area contributed by atoms with Crippen molar-refractivity contribution >= 4 is 28.5 Å². The number of nitrogens with zero attached hydrogens (tertiary/aromatic N) is 4. The lowest BCUT2D eigenvalue weighted by Gasteiger charge is -2.23. The number of aromatic amines is 1. The first-order valence-electron chi connectivity index (χ1n) is 8.96. The van der Waals surface area contributed by atoms with Gasteiger partial charge in [-0.3, -0.25) is 24.5 Å². The number of hydrogen-bond acceptors (Lipinski definition) is 6. The number of rotatable bonds is 5. The van der Waals surface area contributed by atoms with Crippen molar-refractivity contribution in [2.45, 2.75) is 18.9 Å². The Kier molecular flexibility index (Phi) is 4.79. The van der Waals surface area contributed by atoms with Gasteiger partial charge in [-0.25, -0.2) is 4.98 Å². The van der Waals surface area contributed by atoms with E-state index in [0.29, 0.717) is 24.0 Å². The van der Waals surface area contributed by atoms with Crippen molar-refractivity contribution in [2.75, 3.05) is 13.1 Å². The Bertz CT molecular complexity index is 1030. The Balaban J connectivity index is 1.43. The normalized spacial score (nSPS) is 16.3. The quantitative estimate of drug-likeness (QED) is 0.638. The highest BCUT2D eigenvalue weighted by molar-refractivity contribution is 6.07. The number of carbonyl (C=O) groups excluding carboxylic acids is 3. The number of para-hydroxylation sites is 1. The fourth-order valence-corrected chi connectivity index (χ4v) is 3.47. The van der Waals surface area contributed by atoms with Crippen molar-refractivity contribution in [3.05, 3.63) is 54.2 Å². The summed E-state index contributed by atoms with van der Waals surface area (Å²) in [6.45, 7) is 0.285. The average Bonchev–Trinajstić information content (AvgIpc) is 3.43. The molecule has 4 rings (SSSR count). The van der Waals surface area contributed by atoms with Crippen LogP contribution in [0.15, 0.2) is 42.9 Å². The molecule has 2 aromatic heterocycles. The zero-order valence-corrected chi connectivity index (χ0v) is 15.0. The van der Waals surface area contributed by atoms with E-state index in [9.17, 15) is 14.4 Å². The van der Waals surface area contributed by atoms with Crippen LogP contribution < -0.4 is 5.32 Å². The first kappa shape index (κ1) is 17.8. The SMILES string of the molecule is O=C(NCC(=O)N1CCC[C@H]1C(=O)c1ncn[nH]1)c1ccnc2ccccc12. The lowest BCUT2D eigenvalue weighted by atomic mass is 10.1. The van der Waals surface area contributed by atoms with Gasteiger partial charge in [0.15, 0.2) is 5.82 Å². The van der Waals surface area contributed by atoms with Crippen LogP contribution in [0.1, 0.15) is 33.8 Å². The smallest absolute Gasteiger partial charge is 0.252 e. The first-order valence-corrected chi connectivity index (χ1v) is 8.96. The van der Waals surface area contributed by atoms with E-state index in [4.69, 9.17) is 0 Å². The molecule has 0 radical (unpaired) electrons. The second kappa shape index (κ2) is 7.55. The van der Waals surface area contributed by atoms with Crippen molar-refractivity contribution < 1.29 is 14.4 Å². The number of Topliss-reactive ketones (excluding diaryl/α,β-unsaturated/α-hetero) is 1. The highest BCUT2D eigenvalue weighted by atomic mass is 16.2. The maximum atomic E-state index is 12.6. The number of amides is 2. The lowest BCUT2D eigenvalue weighted by molar-refractivity contribution is -0.130. The third-order valence-electron chi connectivity index (χ3n) is 4.82. The van der Waals surface area contributed by atoms with Gasteiger partial charge in [-0.05, 0) is 25.0 Å². The summed E-state index contributed by atoms with van der Waals surface area (Å²) >= 11 is 0. The Morgan fingerprint density at radius 3 is 2.86 bits per heavy atom. The number of likely N-dealkylation sites (tertiary alicyclic amines) is 1. The van der Waals surface area contributed by atoms with E-state index in [1.54, 1.807) is 12.3 Å². The standard InChI is InChI=1S/C19H18N6O3/c26-16(25-9-3-6-15(25)17(27)18-22-11-23-24-18)10-21-19(28)13-7-8-20-14-5-2-1-4-12(13)14/h1-2,4-5,7-8,11,15H,3,6,9-10H2,(H,21,28)(H,22,23,24)/t15-/m0/s1. The summed E-state index contributed by atoms with van der Waals surface area (Å²) in [5.74, 6) is -0.793. The highest BCUT2D eigenvalue weighted by Gasteiger charge is 2.35. The van der Waals surface area contributed by atoms with Crippen LogP contribution in [0.5, 0.6) is 0 Å². The molecule has 1 aliphatic rings. The predicted octanol–water partition coefficient (Wildman–Crippen LogP) is 0.957. The second-order valence-corrected chi connectivity index (χ2v) is 6.50. The molecule has 0 aliphatic carbocycles. The Labute approximate surface area is 160 Å². The zero-order valence-electron chi connectivity index (χ0n) is 15.0. The maximum Gasteiger partial charge on any atom is 0.252 e. The molecule has 2 amide bonds. The van der Waals surface area contributed by atoms with Crippen LogP contribution >= 0.6 is 0 Å². The molecule has 28 heavy (non-hydrogen) atoms. The van der Waals surface area contributed by atoms with Crippen LogP contribution in [0.4, 0.5) is 0 Å². The zero-order chi connectivity index (χ0) is 19.5. The molecule has 142 valence electrons. The number of fused-ring (bicyclic) bond motifs is 1. The second-order valence-electron chi connectivity index (χ2n) is 6.50. The molecule has 9 nitrogen and oxygen atoms in total. The fraction of sp³-hybridized carbons (Fsp3) is 0.263. The molecule has 0 bridgehead atoms. The maximum absolute atomic E-state index is 12.6. The van der Waals surface area contributed by atoms with E-state index >= 15 is 0 Å². The third kappa shape index (κ3) is 3.34. The number of benzene rings is 1. The summed E-state index contributed by atoms with van der Waals surface area (Å²) in [5, 5.41) is 9.59. The molecule has 3 aromatic rings. The number of nitrogens with one attached hydrogen (secondary N) is 2. The minimum atomic E-state index is -0.584. The predicted molar refractivity (Wildman–Crippen MR) is 99.5 cm³/mol. The van der Waals surface area contributed by atoms with Crippen molar-refractivity contribution in [1.29, 1.82) is 0 Å². The van der Waals surface area contributed by atoms with Crippen LogP contribution in [0.3, 0.4) is 0 Å². The number of pyridine rings is 1. The van der Waals surface area contributed by atoms with Gasteiger partial charge in [0, 0.05) is 18.1 Å². The van der Waals surface area contributed by atoms with Crippen molar-refractivity contribution in [3.63, 3.8) is 0 Å². The number of aromatic nitrogens is 4. The summed E-state index contributed by atoms with van der Waals surface area (Å²) in [7, 11) is 0. The molecule has 9 heteroatoms. The van der Waals surface area contributed by atoms with Gasteiger partial charge < -0.3 is 10.2 Å². The van der Waals surface area contributed by atoms with Crippen LogP contribution in [0, 0.1) is 0 Å². The van der Waals surface area contributed by atoms with Crippen LogP contribution in [-0.2, 0) is 4.79 Å². The molecule has 3 heterocycles. The molecule has 1 fully saturated rings. The fourth-order valence-electron chi connectivity index (χ4n) is 3.47. The molecule has 1 aliphatic heterocycles. The minimum Gasteiger partial charge on any atom is -0.343 e. The summed E-state index contributed by atoms with van der Waals surface area (Å²) in [4.78, 5) is 47.3. The van der Waals surface area contributed by atoms with Gasteiger partial charge in [0.1, 0.15) is 6.33 Å². The summed E-state index contributed by atoms with van der Waals surface area (Å²) in [6.07, 6.45) is 4.10. The van der Waals surface area contributed by atoms with Crippen LogP contribution in [-0.4, -0.2) is 61.8 Å². The van der Waals surface area contributed by atoms with Crippen molar-refractivity contribution in [3.8, 4) is 0 Å². The highest BCUT2D eigenvalue weighted by Crippen LogP contribution is 2.20. The Morgan fingerprint density at radius 2 is 2.04 bits per heavy atom. The minimum absolute atomic E-state index is 0.136. The van der Waals surface area contributed by atoms with E-state index in [0.717, 1.165) is 11.8 Å². The monoisotopic (exact) mass is 378 g/mol. The van der Waals surface area contributed by atoms with Gasteiger partial charge in [-0.1, -0.05) is 18.2 Å². The molecule has 0 unspecified atom stereocenters. The van der Waals surface area contributed by atoms with Crippen molar-refractivity contribution in [1.82, 2.24) is 30.4 Å². The molecule has 0 spiro atoms. The van der Waals surface area contributed by atoms with Crippen LogP contribution in [0.2, 0.25) is 0 Å². The number of H-pyrrole nitrogens is 1. The van der Waals surface area contributed by atoms with Crippen LogP contribution in [0.25, 0.3) is 10.9 Å². The lowest BCUT2D eigenvalue weighted by Crippen LogP contribution is -2.45. The topological polar surface area (TPSA) is 121 Å². The largest absolute Gasteiger partial charge is 0.343 e. The molecule has 1 atom stereocenters. The number of ketones is 1. The van der Waals surface area contributed by atoms with Gasteiger partial charge in [0.2, 0.25) is 11.7 Å². The first-order chi connectivity index (χ1) is 13.6. The van der Waals surface area contributed by atoms with E-state index in [1.165, 1.54) is 11.2 Å².